The number of rotatable bonds is 5. The predicted molar refractivity (Wildman–Crippen MR) is 141 cm³/mol. The van der Waals surface area contributed by atoms with E-state index < -0.39 is 23.4 Å². The predicted octanol–water partition coefficient (Wildman–Crippen LogP) is 7.40. The van der Waals surface area contributed by atoms with Crippen molar-refractivity contribution in [3.8, 4) is 23.0 Å². The Bertz CT molecular complexity index is 1460. The highest BCUT2D eigenvalue weighted by Gasteiger charge is 2.70. The van der Waals surface area contributed by atoms with Gasteiger partial charge in [-0.15, -0.1) is 0 Å². The number of hydrogen-bond donors (Lipinski definition) is 1. The zero-order valence-electron chi connectivity index (χ0n) is 23.1. The third kappa shape index (κ3) is 6.87. The Morgan fingerprint density at radius 2 is 1.29 bits per heavy atom. The van der Waals surface area contributed by atoms with Gasteiger partial charge >= 0.3 is 24.1 Å². The molecule has 0 aliphatic rings. The van der Waals surface area contributed by atoms with Crippen molar-refractivity contribution < 1.29 is 41.0 Å². The van der Waals surface area contributed by atoms with E-state index in [2.05, 4.69) is 17.1 Å². The Balaban J connectivity index is 0.00000187. The average molecular weight is 578 g/mol. The van der Waals surface area contributed by atoms with Gasteiger partial charge in [-0.1, -0.05) is 50.1 Å². The molecule has 1 N–H and O–H groups in total. The van der Waals surface area contributed by atoms with Gasteiger partial charge in [0.25, 0.3) is 0 Å². The van der Waals surface area contributed by atoms with Crippen molar-refractivity contribution in [2.24, 2.45) is 0 Å². The van der Waals surface area contributed by atoms with Crippen LogP contribution in [0.1, 0.15) is 60.1 Å². The van der Waals surface area contributed by atoms with Crippen LogP contribution in [0.3, 0.4) is 0 Å². The number of aliphatic hydroxyl groups is 1. The second-order valence-electron chi connectivity index (χ2n) is 9.64. The average Bonchev–Trinajstić information content (AvgIpc) is 2.88. The van der Waals surface area contributed by atoms with Crippen molar-refractivity contribution in [2.75, 3.05) is 0 Å². The molecular weight excluding hydrogens is 548 g/mol. The van der Waals surface area contributed by atoms with E-state index in [1.165, 1.54) is 6.07 Å². The lowest BCUT2D eigenvalue weighted by Gasteiger charge is -2.34. The highest BCUT2D eigenvalue weighted by atomic mass is 19.4. The van der Waals surface area contributed by atoms with Gasteiger partial charge in [0.15, 0.2) is 0 Å². The molecule has 41 heavy (non-hydrogen) atoms. The van der Waals surface area contributed by atoms with Gasteiger partial charge in [0.2, 0.25) is 0 Å². The Morgan fingerprint density at radius 3 is 1.73 bits per heavy atom. The molecule has 1 aromatic heterocycles. The molecule has 0 spiro atoms. The second-order valence-corrected chi connectivity index (χ2v) is 9.64. The summed E-state index contributed by atoms with van der Waals surface area (Å²) in [6.07, 6.45) is -6.73. The van der Waals surface area contributed by atoms with E-state index in [0.29, 0.717) is 18.4 Å². The lowest BCUT2D eigenvalue weighted by atomic mass is 9.69. The molecule has 218 valence electrons. The molecule has 0 atom stereocenters. The molecule has 0 amide bonds. The first kappa shape index (κ1) is 33.3. The number of alkyl halides is 6. The molecule has 4 nitrogen and oxygen atoms in total. The first-order valence-electron chi connectivity index (χ1n) is 12.5. The summed E-state index contributed by atoms with van der Waals surface area (Å²) >= 11 is 0. The summed E-state index contributed by atoms with van der Waals surface area (Å²) in [6.45, 7) is 9.63. The lowest BCUT2D eigenvalue weighted by molar-refractivity contribution is -0.343. The van der Waals surface area contributed by atoms with Crippen LogP contribution in [-0.4, -0.2) is 34.2 Å². The smallest absolute Gasteiger partial charge is 0.363 e. The summed E-state index contributed by atoms with van der Waals surface area (Å²) in [4.78, 5) is 20.5. The molecule has 1 heterocycles. The van der Waals surface area contributed by atoms with Crippen molar-refractivity contribution >= 4 is 6.15 Å². The van der Waals surface area contributed by atoms with Crippen molar-refractivity contribution in [3.05, 3.63) is 88.2 Å². The van der Waals surface area contributed by atoms with Gasteiger partial charge in [0, 0.05) is 28.9 Å². The minimum absolute atomic E-state index is 0.0275. The van der Waals surface area contributed by atoms with E-state index in [1.54, 1.807) is 25.3 Å². The Hall–Kier alpha value is -3.93. The molecule has 0 aliphatic heterocycles. The molecule has 3 rings (SSSR count). The topological polar surface area (TPSA) is 67.3 Å². The highest BCUT2D eigenvalue weighted by Crippen LogP contribution is 2.43. The van der Waals surface area contributed by atoms with E-state index in [1.807, 2.05) is 51.9 Å². The third-order valence-corrected chi connectivity index (χ3v) is 7.15. The van der Waals surface area contributed by atoms with Crippen LogP contribution in [0.2, 0.25) is 0 Å². The highest BCUT2D eigenvalue weighted by molar-refractivity contribution is 5.68. The second kappa shape index (κ2) is 12.7. The molecule has 0 aliphatic carbocycles. The van der Waals surface area contributed by atoms with E-state index >= 15 is 0 Å². The summed E-state index contributed by atoms with van der Waals surface area (Å²) in [5.74, 6) is 2.95. The molecule has 2 aromatic carbocycles. The molecule has 0 fully saturated rings. The van der Waals surface area contributed by atoms with E-state index in [4.69, 9.17) is 9.59 Å². The minimum atomic E-state index is -6.00. The van der Waals surface area contributed by atoms with Crippen LogP contribution < -0.4 is 0 Å². The normalized spacial score (nSPS) is 12.0. The van der Waals surface area contributed by atoms with Crippen LogP contribution in [0.4, 0.5) is 26.3 Å². The molecule has 0 bridgehead atoms. The summed E-state index contributed by atoms with van der Waals surface area (Å²) < 4.78 is 78.1. The maximum atomic E-state index is 13.0. The molecule has 3 aromatic rings. The summed E-state index contributed by atoms with van der Waals surface area (Å²) in [5, 5.41) is 9.36. The van der Waals surface area contributed by atoms with Crippen LogP contribution in [0.15, 0.2) is 54.9 Å². The van der Waals surface area contributed by atoms with Gasteiger partial charge < -0.3 is 5.11 Å². The van der Waals surface area contributed by atoms with Crippen molar-refractivity contribution in [1.82, 2.24) is 4.98 Å². The lowest BCUT2D eigenvalue weighted by Crippen LogP contribution is -2.55. The van der Waals surface area contributed by atoms with Crippen molar-refractivity contribution in [3.63, 3.8) is 0 Å². The number of nitrogens with zero attached hydrogens (tertiary/aromatic N) is 1. The quantitative estimate of drug-likeness (QED) is 0.254. The number of carbonyl (C=O) groups excluding carboxylic acids is 2. The molecule has 0 unspecified atom stereocenters. The summed E-state index contributed by atoms with van der Waals surface area (Å²) in [6, 6.07) is 13.1. The van der Waals surface area contributed by atoms with Gasteiger partial charge in [-0.3, -0.25) is 4.98 Å². The first-order valence-corrected chi connectivity index (χ1v) is 12.5. The van der Waals surface area contributed by atoms with Crippen LogP contribution in [0, 0.1) is 32.6 Å². The maximum absolute atomic E-state index is 13.0. The molecular formula is C31H29F6NO3. The van der Waals surface area contributed by atoms with Gasteiger partial charge in [0.05, 0.1) is 0 Å². The summed E-state index contributed by atoms with van der Waals surface area (Å²) in [5.41, 5.74) is 0.898. The fourth-order valence-electron chi connectivity index (χ4n) is 4.78. The standard InChI is InChI=1S/C30H29F6NO.CO2/c1-6-27(7-2,25-10-11-26(21(5)16-25)23-14-19(3)17-37-18-23)24-9-8-22(20(4)15-24)12-13-28(38,29(31,32)33)30(34,35)36;2-1-3/h8-11,14-18,38H,6-7H2,1-5H3;. The number of aromatic nitrogens is 1. The molecule has 10 heteroatoms. The number of aryl methyl sites for hydroxylation is 3. The first-order chi connectivity index (χ1) is 19.0. The third-order valence-electron chi connectivity index (χ3n) is 7.15. The van der Waals surface area contributed by atoms with Crippen molar-refractivity contribution in [2.45, 2.75) is 70.8 Å². The van der Waals surface area contributed by atoms with Crippen LogP contribution in [0.5, 0.6) is 0 Å². The Morgan fingerprint density at radius 1 is 0.780 bits per heavy atom. The zero-order chi connectivity index (χ0) is 31.2. The monoisotopic (exact) mass is 577 g/mol. The molecule has 0 saturated carbocycles. The Labute approximate surface area is 234 Å². The van der Waals surface area contributed by atoms with Gasteiger partial charge in [-0.25, -0.2) is 0 Å². The largest absolute Gasteiger partial charge is 0.438 e. The van der Waals surface area contributed by atoms with Gasteiger partial charge in [0.1, 0.15) is 0 Å². The van der Waals surface area contributed by atoms with Gasteiger partial charge in [-0.05, 0) is 85.0 Å². The van der Waals surface area contributed by atoms with Crippen LogP contribution in [-0.2, 0) is 15.0 Å². The van der Waals surface area contributed by atoms with Crippen LogP contribution >= 0.6 is 0 Å². The fraction of sp³-hybridized carbons (Fsp3) is 0.355. The molecule has 0 saturated heterocycles. The summed E-state index contributed by atoms with van der Waals surface area (Å²) in [7, 11) is 0. The Kier molecular flexibility index (Phi) is 10.3. The van der Waals surface area contributed by atoms with E-state index in [0.717, 1.165) is 39.3 Å². The van der Waals surface area contributed by atoms with E-state index in [9.17, 15) is 31.4 Å². The van der Waals surface area contributed by atoms with Crippen molar-refractivity contribution in [1.29, 1.82) is 0 Å². The van der Waals surface area contributed by atoms with E-state index in [-0.39, 0.29) is 11.7 Å². The fourth-order valence-corrected chi connectivity index (χ4v) is 4.78. The van der Waals surface area contributed by atoms with Crippen LogP contribution in [0.25, 0.3) is 11.1 Å². The van der Waals surface area contributed by atoms with Gasteiger partial charge in [-0.2, -0.15) is 35.9 Å². The SMILES string of the molecule is CCC(CC)(c1ccc(C#CC(O)(C(F)(F)F)C(F)(F)F)c(C)c1)c1ccc(-c2cncc(C)c2)c(C)c1.O=C=O. The maximum Gasteiger partial charge on any atom is 0.438 e. The minimum Gasteiger partial charge on any atom is -0.363 e. The molecule has 0 radical (unpaired) electrons. The number of benzene rings is 2. The number of pyridine rings is 1. The zero-order valence-corrected chi connectivity index (χ0v) is 23.1. The number of halogens is 6. The number of hydrogen-bond acceptors (Lipinski definition) is 4.